The van der Waals surface area contributed by atoms with Crippen molar-refractivity contribution in [3.05, 3.63) is 0 Å². The zero-order valence-corrected chi connectivity index (χ0v) is 24.1. The van der Waals surface area contributed by atoms with E-state index in [1.165, 1.54) is 35.5 Å². The molecule has 0 aromatic rings. The molecule has 0 bridgehead atoms. The lowest BCUT2D eigenvalue weighted by atomic mass is 9.85. The van der Waals surface area contributed by atoms with Crippen LogP contribution in [0.5, 0.6) is 0 Å². The van der Waals surface area contributed by atoms with Crippen LogP contribution in [0, 0.1) is 22.7 Å². The topological polar surface area (TPSA) is 139 Å². The van der Waals surface area contributed by atoms with Crippen LogP contribution in [0.3, 0.4) is 0 Å². The molecule has 230 valence electrons. The van der Waals surface area contributed by atoms with Crippen LogP contribution in [0.2, 0.25) is 0 Å². The van der Waals surface area contributed by atoms with E-state index in [1.807, 2.05) is 19.2 Å². The Hall–Kier alpha value is -2.90. The number of aliphatic hydroxyl groups excluding tert-OH is 1. The van der Waals surface area contributed by atoms with Crippen molar-refractivity contribution in [2.45, 2.75) is 84.3 Å². The summed E-state index contributed by atoms with van der Waals surface area (Å²) >= 11 is 0. The molecule has 4 rings (SSSR count). The molecule has 0 spiro atoms. The fourth-order valence-corrected chi connectivity index (χ4v) is 6.36. The summed E-state index contributed by atoms with van der Waals surface area (Å²) in [6, 6.07) is -3.82. The van der Waals surface area contributed by atoms with Crippen molar-refractivity contribution in [3.63, 3.8) is 0 Å². The summed E-state index contributed by atoms with van der Waals surface area (Å²) in [5.41, 5.74) is -1.45. The normalized spacial score (nSPS) is 27.5. The summed E-state index contributed by atoms with van der Waals surface area (Å²) in [5.74, 6) is -4.89. The van der Waals surface area contributed by atoms with E-state index >= 15 is 0 Å². The molecule has 1 unspecified atom stereocenters. The Balaban J connectivity index is 1.58. The maximum absolute atomic E-state index is 13.9. The summed E-state index contributed by atoms with van der Waals surface area (Å²) in [4.78, 5) is 68.8. The lowest BCUT2D eigenvalue weighted by Gasteiger charge is -2.39. The molecule has 41 heavy (non-hydrogen) atoms. The molecule has 5 amide bonds. The Morgan fingerprint density at radius 1 is 1.02 bits per heavy atom. The summed E-state index contributed by atoms with van der Waals surface area (Å²) in [6.07, 6.45) is -5.12. The summed E-state index contributed by atoms with van der Waals surface area (Å²) < 4.78 is 39.3. The Morgan fingerprint density at radius 2 is 1.66 bits per heavy atom. The molecule has 14 heteroatoms. The van der Waals surface area contributed by atoms with Gasteiger partial charge in [-0.1, -0.05) is 34.6 Å². The number of hydrogen-bond acceptors (Lipinski definition) is 6. The minimum atomic E-state index is -5.20. The number of amides is 5. The lowest BCUT2D eigenvalue weighted by Crippen LogP contribution is -2.63. The van der Waals surface area contributed by atoms with E-state index in [0.717, 1.165) is 6.42 Å². The number of hydrogen-bond donors (Lipinski definition) is 3. The standard InChI is InChI=1S/C27H40F3N5O6/c1-25(2,3)20(32-24(41)27(28,29)30)23(40)35-12-14-17(26(14,4)5)18(35)21(38)31-15(13-34-9-6-8-16(34)36)19(37)22(39)33-10-7-11-33/h14-15,17-20,37H,6-13H2,1-5H3,(H,31,38)(H,32,41)/t14-,15-,17-,18-,19?,20+/m0/s1. The molecule has 11 nitrogen and oxygen atoms in total. The van der Waals surface area contributed by atoms with Crippen LogP contribution in [0.4, 0.5) is 13.2 Å². The number of carbonyl (C=O) groups excluding carboxylic acids is 5. The monoisotopic (exact) mass is 587 g/mol. The zero-order chi connectivity index (χ0) is 30.7. The van der Waals surface area contributed by atoms with Gasteiger partial charge in [0.1, 0.15) is 12.1 Å². The maximum Gasteiger partial charge on any atom is 0.471 e. The number of halogens is 3. The molecule has 1 saturated carbocycles. The first-order valence-corrected chi connectivity index (χ1v) is 14.1. The van der Waals surface area contributed by atoms with E-state index < -0.39 is 59.4 Å². The van der Waals surface area contributed by atoms with Gasteiger partial charge < -0.3 is 30.4 Å². The average Bonchev–Trinajstić information content (AvgIpc) is 3.16. The Bertz CT molecular complexity index is 1100. The molecule has 4 aliphatic rings. The zero-order valence-electron chi connectivity index (χ0n) is 24.1. The highest BCUT2D eigenvalue weighted by Gasteiger charge is 2.70. The molecule has 0 radical (unpaired) electrons. The van der Waals surface area contributed by atoms with Gasteiger partial charge in [-0.15, -0.1) is 0 Å². The summed E-state index contributed by atoms with van der Waals surface area (Å²) in [5, 5.41) is 15.5. The molecule has 4 fully saturated rings. The Morgan fingerprint density at radius 3 is 2.15 bits per heavy atom. The molecule has 3 aliphatic heterocycles. The molecule has 0 aromatic carbocycles. The number of nitrogens with one attached hydrogen (secondary N) is 2. The second-order valence-corrected chi connectivity index (χ2v) is 13.3. The lowest BCUT2D eigenvalue weighted by molar-refractivity contribution is -0.176. The van der Waals surface area contributed by atoms with Crippen molar-refractivity contribution in [3.8, 4) is 0 Å². The van der Waals surface area contributed by atoms with Gasteiger partial charge in [0, 0.05) is 39.1 Å². The number of fused-ring (bicyclic) bond motifs is 1. The quantitative estimate of drug-likeness (QED) is 0.373. The predicted octanol–water partition coefficient (Wildman–Crippen LogP) is 0.263. The van der Waals surface area contributed by atoms with E-state index in [0.29, 0.717) is 32.5 Å². The van der Waals surface area contributed by atoms with Gasteiger partial charge in [-0.3, -0.25) is 24.0 Å². The fourth-order valence-electron chi connectivity index (χ4n) is 6.36. The van der Waals surface area contributed by atoms with Crippen molar-refractivity contribution >= 4 is 29.5 Å². The first-order valence-electron chi connectivity index (χ1n) is 14.1. The van der Waals surface area contributed by atoms with Gasteiger partial charge in [-0.05, 0) is 35.5 Å². The number of alkyl halides is 3. The number of rotatable bonds is 8. The first kappa shape index (κ1) is 31.0. The molecule has 0 aromatic heterocycles. The third-order valence-electron chi connectivity index (χ3n) is 9.12. The minimum absolute atomic E-state index is 0.101. The van der Waals surface area contributed by atoms with E-state index in [-0.39, 0.29) is 36.2 Å². The SMILES string of the molecule is CC(C)(C)[C@H](NC(=O)C(F)(F)F)C(=O)N1C[C@H]2[C@@H]([C@H]1C(=O)N[C@@H](CN1CCCC1=O)C(O)C(=O)N1CCC1)C2(C)C. The average molecular weight is 588 g/mol. The van der Waals surface area contributed by atoms with Crippen molar-refractivity contribution < 1.29 is 42.3 Å². The third-order valence-corrected chi connectivity index (χ3v) is 9.12. The second-order valence-electron chi connectivity index (χ2n) is 13.3. The maximum atomic E-state index is 13.9. The van der Waals surface area contributed by atoms with Gasteiger partial charge in [0.25, 0.3) is 5.91 Å². The summed E-state index contributed by atoms with van der Waals surface area (Å²) in [7, 11) is 0. The van der Waals surface area contributed by atoms with Gasteiger partial charge in [0.2, 0.25) is 17.7 Å². The molecule has 3 heterocycles. The Labute approximate surface area is 237 Å². The first-order chi connectivity index (χ1) is 18.9. The van der Waals surface area contributed by atoms with Crippen LogP contribution in [-0.2, 0) is 24.0 Å². The van der Waals surface area contributed by atoms with Crippen LogP contribution >= 0.6 is 0 Å². The van der Waals surface area contributed by atoms with Crippen LogP contribution in [0.15, 0.2) is 0 Å². The van der Waals surface area contributed by atoms with Gasteiger partial charge in [-0.2, -0.15) is 13.2 Å². The minimum Gasteiger partial charge on any atom is -0.381 e. The van der Waals surface area contributed by atoms with Gasteiger partial charge in [0.05, 0.1) is 6.04 Å². The number of nitrogens with zero attached hydrogens (tertiary/aromatic N) is 3. The number of likely N-dealkylation sites (tertiary alicyclic amines) is 3. The van der Waals surface area contributed by atoms with Crippen molar-refractivity contribution in [2.24, 2.45) is 22.7 Å². The largest absolute Gasteiger partial charge is 0.471 e. The highest BCUT2D eigenvalue weighted by molar-refractivity contribution is 5.95. The highest BCUT2D eigenvalue weighted by Crippen LogP contribution is 2.65. The highest BCUT2D eigenvalue weighted by atomic mass is 19.4. The summed E-state index contributed by atoms with van der Waals surface area (Å²) in [6.45, 7) is 9.77. The van der Waals surface area contributed by atoms with Crippen LogP contribution < -0.4 is 10.6 Å². The van der Waals surface area contributed by atoms with E-state index in [1.54, 1.807) is 0 Å². The fraction of sp³-hybridized carbons (Fsp3) is 0.815. The van der Waals surface area contributed by atoms with E-state index in [2.05, 4.69) is 5.32 Å². The second kappa shape index (κ2) is 10.7. The number of aliphatic hydroxyl groups is 1. The number of piperidine rings is 1. The van der Waals surface area contributed by atoms with Crippen LogP contribution in [-0.4, -0.2) is 112 Å². The number of carbonyl (C=O) groups is 5. The molecule has 3 N–H and O–H groups in total. The van der Waals surface area contributed by atoms with Crippen LogP contribution in [0.1, 0.15) is 53.9 Å². The third kappa shape index (κ3) is 6.02. The van der Waals surface area contributed by atoms with Gasteiger partial charge >= 0.3 is 12.1 Å². The molecular weight excluding hydrogens is 547 g/mol. The smallest absolute Gasteiger partial charge is 0.381 e. The van der Waals surface area contributed by atoms with Crippen molar-refractivity contribution in [1.82, 2.24) is 25.3 Å². The molecule has 3 saturated heterocycles. The van der Waals surface area contributed by atoms with Crippen molar-refractivity contribution in [1.29, 1.82) is 0 Å². The molecule has 6 atom stereocenters. The Kier molecular flexibility index (Phi) is 8.13. The van der Waals surface area contributed by atoms with Gasteiger partial charge in [0.15, 0.2) is 6.10 Å². The van der Waals surface area contributed by atoms with E-state index in [9.17, 15) is 42.3 Å². The predicted molar refractivity (Wildman–Crippen MR) is 139 cm³/mol. The van der Waals surface area contributed by atoms with Gasteiger partial charge in [-0.25, -0.2) is 0 Å². The van der Waals surface area contributed by atoms with Crippen molar-refractivity contribution in [2.75, 3.05) is 32.7 Å². The van der Waals surface area contributed by atoms with Crippen LogP contribution in [0.25, 0.3) is 0 Å². The molecule has 1 aliphatic carbocycles. The molecular formula is C27H40F3N5O6. The van der Waals surface area contributed by atoms with E-state index in [4.69, 9.17) is 0 Å².